The minimum Gasteiger partial charge on any atom is -0.490 e. The Morgan fingerprint density at radius 1 is 1.20 bits per heavy atom. The third kappa shape index (κ3) is 4.32. The third-order valence-electron chi connectivity index (χ3n) is 3.46. The summed E-state index contributed by atoms with van der Waals surface area (Å²) >= 11 is 0. The predicted octanol–water partition coefficient (Wildman–Crippen LogP) is 2.61. The van der Waals surface area contributed by atoms with Crippen LogP contribution < -0.4 is 9.57 Å². The van der Waals surface area contributed by atoms with Crippen molar-refractivity contribution in [3.63, 3.8) is 0 Å². The molecule has 0 aliphatic rings. The lowest BCUT2D eigenvalue weighted by molar-refractivity contribution is -0.385. The number of aryl methyl sites for hydroxylation is 1. The molecule has 0 saturated heterocycles. The van der Waals surface area contributed by atoms with Crippen molar-refractivity contribution in [3.05, 3.63) is 63.7 Å². The molecular formula is C16H17N3O5S. The lowest BCUT2D eigenvalue weighted by Crippen LogP contribution is -2.20. The number of benzene rings is 2. The molecule has 0 aliphatic carbocycles. The van der Waals surface area contributed by atoms with Gasteiger partial charge in [-0.1, -0.05) is 17.7 Å². The Morgan fingerprint density at radius 2 is 1.84 bits per heavy atom. The van der Waals surface area contributed by atoms with E-state index in [1.807, 2.05) is 6.92 Å². The van der Waals surface area contributed by atoms with Crippen molar-refractivity contribution in [2.24, 2.45) is 5.10 Å². The Hall–Kier alpha value is -2.94. The first kappa shape index (κ1) is 18.4. The highest BCUT2D eigenvalue weighted by Gasteiger charge is 2.17. The van der Waals surface area contributed by atoms with Crippen LogP contribution in [0.3, 0.4) is 0 Å². The van der Waals surface area contributed by atoms with Gasteiger partial charge in [0, 0.05) is 11.6 Å². The maximum absolute atomic E-state index is 12.2. The molecule has 25 heavy (non-hydrogen) atoms. The smallest absolute Gasteiger partial charge is 0.311 e. The van der Waals surface area contributed by atoms with Crippen LogP contribution in [-0.2, 0) is 10.0 Å². The quantitative estimate of drug-likeness (QED) is 0.482. The summed E-state index contributed by atoms with van der Waals surface area (Å²) < 4.78 is 29.3. The van der Waals surface area contributed by atoms with E-state index in [9.17, 15) is 18.5 Å². The number of hydrazone groups is 1. The average Bonchev–Trinajstić information content (AvgIpc) is 2.59. The number of nitrogens with one attached hydrogen (secondary N) is 1. The molecule has 0 spiro atoms. The molecule has 8 nitrogen and oxygen atoms in total. The molecule has 0 bridgehead atoms. The van der Waals surface area contributed by atoms with Crippen LogP contribution in [0, 0.1) is 17.0 Å². The zero-order valence-electron chi connectivity index (χ0n) is 13.9. The number of nitro benzene ring substituents is 1. The van der Waals surface area contributed by atoms with Crippen LogP contribution >= 0.6 is 0 Å². The highest BCUT2D eigenvalue weighted by molar-refractivity contribution is 7.89. The van der Waals surface area contributed by atoms with Crippen LogP contribution in [0.25, 0.3) is 0 Å². The molecule has 0 aromatic heterocycles. The zero-order valence-corrected chi connectivity index (χ0v) is 14.7. The Bertz CT molecular complexity index is 921. The summed E-state index contributed by atoms with van der Waals surface area (Å²) in [5.41, 5.74) is 1.39. The molecule has 0 amide bonds. The fraction of sp³-hybridized carbons (Fsp3) is 0.188. The Balaban J connectivity index is 2.28. The number of nitro groups is 1. The topological polar surface area (TPSA) is 111 Å². The van der Waals surface area contributed by atoms with Crippen LogP contribution in [0.2, 0.25) is 0 Å². The second kappa shape index (κ2) is 7.31. The van der Waals surface area contributed by atoms with Crippen LogP contribution in [-0.4, -0.2) is 26.2 Å². The van der Waals surface area contributed by atoms with E-state index < -0.39 is 14.9 Å². The van der Waals surface area contributed by atoms with Gasteiger partial charge in [-0.15, -0.1) is 0 Å². The number of methoxy groups -OCH3 is 1. The molecular weight excluding hydrogens is 346 g/mol. The maximum atomic E-state index is 12.2. The standard InChI is InChI=1S/C16H17N3O5S/c1-11-4-7-14(8-5-11)25(22,23)18-17-12(2)13-6-9-16(24-3)15(10-13)19(20)21/h4-10,18H,1-3H3/b17-12+. The second-order valence-electron chi connectivity index (χ2n) is 5.25. The SMILES string of the molecule is COc1ccc(/C(C)=N/NS(=O)(=O)c2ccc(C)cc2)cc1[N+](=O)[O-]. The van der Waals surface area contributed by atoms with Crippen molar-refractivity contribution >= 4 is 21.4 Å². The van der Waals surface area contributed by atoms with E-state index >= 15 is 0 Å². The van der Waals surface area contributed by atoms with Crippen molar-refractivity contribution in [3.8, 4) is 5.75 Å². The molecule has 2 rings (SSSR count). The van der Waals surface area contributed by atoms with E-state index in [-0.39, 0.29) is 22.0 Å². The highest BCUT2D eigenvalue weighted by Crippen LogP contribution is 2.27. The molecule has 2 aromatic rings. The summed E-state index contributed by atoms with van der Waals surface area (Å²) in [5.74, 6) is 0.113. The fourth-order valence-electron chi connectivity index (χ4n) is 2.02. The normalized spacial score (nSPS) is 11.9. The van der Waals surface area contributed by atoms with E-state index in [0.717, 1.165) is 5.56 Å². The summed E-state index contributed by atoms with van der Waals surface area (Å²) in [5, 5.41) is 14.9. The molecule has 132 valence electrons. The highest BCUT2D eigenvalue weighted by atomic mass is 32.2. The lowest BCUT2D eigenvalue weighted by atomic mass is 10.1. The molecule has 9 heteroatoms. The van der Waals surface area contributed by atoms with E-state index in [1.54, 1.807) is 25.1 Å². The molecule has 0 saturated carbocycles. The van der Waals surface area contributed by atoms with E-state index in [4.69, 9.17) is 4.74 Å². The second-order valence-corrected chi connectivity index (χ2v) is 6.91. The molecule has 0 heterocycles. The van der Waals surface area contributed by atoms with Gasteiger partial charge in [-0.05, 0) is 38.1 Å². The van der Waals surface area contributed by atoms with Crippen LogP contribution in [0.5, 0.6) is 5.75 Å². The van der Waals surface area contributed by atoms with Crippen molar-refractivity contribution in [1.82, 2.24) is 4.83 Å². The van der Waals surface area contributed by atoms with Gasteiger partial charge in [0.15, 0.2) is 5.75 Å². The largest absolute Gasteiger partial charge is 0.490 e. The Labute approximate surface area is 145 Å². The molecule has 0 fully saturated rings. The summed E-state index contributed by atoms with van der Waals surface area (Å²) in [6, 6.07) is 10.6. The van der Waals surface area contributed by atoms with Gasteiger partial charge in [0.2, 0.25) is 0 Å². The van der Waals surface area contributed by atoms with Crippen molar-refractivity contribution in [2.45, 2.75) is 18.7 Å². The van der Waals surface area contributed by atoms with Gasteiger partial charge in [-0.2, -0.15) is 18.4 Å². The number of rotatable bonds is 6. The van der Waals surface area contributed by atoms with Crippen LogP contribution in [0.4, 0.5) is 5.69 Å². The molecule has 0 atom stereocenters. The number of nitrogens with zero attached hydrogens (tertiary/aromatic N) is 2. The number of hydrogen-bond donors (Lipinski definition) is 1. The third-order valence-corrected chi connectivity index (χ3v) is 4.68. The number of ether oxygens (including phenoxy) is 1. The van der Waals surface area contributed by atoms with Crippen molar-refractivity contribution in [2.75, 3.05) is 7.11 Å². The Kier molecular flexibility index (Phi) is 5.38. The first-order valence-electron chi connectivity index (χ1n) is 7.20. The molecule has 0 radical (unpaired) electrons. The van der Waals surface area contributed by atoms with Crippen LogP contribution in [0.15, 0.2) is 52.5 Å². The fourth-order valence-corrected chi connectivity index (χ4v) is 2.88. The maximum Gasteiger partial charge on any atom is 0.311 e. The van der Waals surface area contributed by atoms with Gasteiger partial charge in [-0.3, -0.25) is 10.1 Å². The van der Waals surface area contributed by atoms with Crippen LogP contribution in [0.1, 0.15) is 18.1 Å². The molecule has 2 aromatic carbocycles. The van der Waals surface area contributed by atoms with Crippen molar-refractivity contribution in [1.29, 1.82) is 0 Å². The van der Waals surface area contributed by atoms with E-state index in [0.29, 0.717) is 5.56 Å². The summed E-state index contributed by atoms with van der Waals surface area (Å²) in [6.07, 6.45) is 0. The summed E-state index contributed by atoms with van der Waals surface area (Å²) in [6.45, 7) is 3.39. The summed E-state index contributed by atoms with van der Waals surface area (Å²) in [4.78, 5) is 12.7. The van der Waals surface area contributed by atoms with E-state index in [2.05, 4.69) is 9.93 Å². The van der Waals surface area contributed by atoms with Gasteiger partial charge in [0.05, 0.1) is 22.6 Å². The minimum absolute atomic E-state index is 0.0790. The Morgan fingerprint density at radius 3 is 2.40 bits per heavy atom. The zero-order chi connectivity index (χ0) is 18.6. The van der Waals surface area contributed by atoms with Gasteiger partial charge in [0.25, 0.3) is 10.0 Å². The van der Waals surface area contributed by atoms with E-state index in [1.165, 1.54) is 31.4 Å². The number of sulfonamides is 1. The monoisotopic (exact) mass is 363 g/mol. The summed E-state index contributed by atoms with van der Waals surface area (Å²) in [7, 11) is -2.48. The molecule has 0 unspecified atom stereocenters. The van der Waals surface area contributed by atoms with Gasteiger partial charge < -0.3 is 4.74 Å². The van der Waals surface area contributed by atoms with Crippen molar-refractivity contribution < 1.29 is 18.1 Å². The first-order chi connectivity index (χ1) is 11.7. The molecule has 0 aliphatic heterocycles. The predicted molar refractivity (Wildman–Crippen MR) is 93.4 cm³/mol. The van der Waals surface area contributed by atoms with Gasteiger partial charge in [0.1, 0.15) is 0 Å². The average molecular weight is 363 g/mol. The van der Waals surface area contributed by atoms with Gasteiger partial charge >= 0.3 is 5.69 Å². The first-order valence-corrected chi connectivity index (χ1v) is 8.68. The number of hydrogen-bond acceptors (Lipinski definition) is 6. The van der Waals surface area contributed by atoms with Gasteiger partial charge in [-0.25, -0.2) is 0 Å². The minimum atomic E-state index is -3.82. The molecule has 1 N–H and O–H groups in total. The lowest BCUT2D eigenvalue weighted by Gasteiger charge is -2.07.